The summed E-state index contributed by atoms with van der Waals surface area (Å²) in [5.74, 6) is 1.54. The van der Waals surface area contributed by atoms with Crippen molar-refractivity contribution in [2.75, 3.05) is 26.3 Å². The smallest absolute Gasteiger partial charge is 0.257 e. The lowest BCUT2D eigenvalue weighted by Gasteiger charge is -2.23. The van der Waals surface area contributed by atoms with Crippen molar-refractivity contribution in [3.63, 3.8) is 0 Å². The molecule has 2 fully saturated rings. The zero-order valence-corrected chi connectivity index (χ0v) is 15.0. The first-order valence-electron chi connectivity index (χ1n) is 9.15. The van der Waals surface area contributed by atoms with Gasteiger partial charge in [-0.2, -0.15) is 0 Å². The summed E-state index contributed by atoms with van der Waals surface area (Å²) in [6.45, 7) is 4.36. The lowest BCUT2D eigenvalue weighted by atomic mass is 10.0. The molecule has 1 aliphatic heterocycles. The first-order chi connectivity index (χ1) is 12.7. The molecule has 1 aliphatic carbocycles. The van der Waals surface area contributed by atoms with E-state index in [0.717, 1.165) is 36.5 Å². The number of rotatable bonds is 4. The van der Waals surface area contributed by atoms with Crippen LogP contribution in [0.3, 0.4) is 0 Å². The summed E-state index contributed by atoms with van der Waals surface area (Å²) in [6, 6.07) is 1.99. The fraction of sp³-hybridized carbons (Fsp3) is 0.526. The van der Waals surface area contributed by atoms with Crippen LogP contribution in [0.1, 0.15) is 46.3 Å². The fourth-order valence-electron chi connectivity index (χ4n) is 3.29. The van der Waals surface area contributed by atoms with Gasteiger partial charge in [0, 0.05) is 48.7 Å². The summed E-state index contributed by atoms with van der Waals surface area (Å²) in [4.78, 5) is 31.9. The van der Waals surface area contributed by atoms with E-state index in [0.29, 0.717) is 37.8 Å². The Morgan fingerprint density at radius 2 is 2.04 bits per heavy atom. The standard InChI is InChI=1S/C19H23N5O2/c1-13-6-17(23-12-22-13)7-14-10-24(4-5-26-11-14)19(25)16-8-20-18(21-9-16)15-2-3-15/h6,8-9,12,14-15H,2-5,7,10-11H2,1H3/t14-/m0/s1. The van der Waals surface area contributed by atoms with Gasteiger partial charge in [0.1, 0.15) is 12.2 Å². The molecule has 0 radical (unpaired) electrons. The van der Waals surface area contributed by atoms with Gasteiger partial charge < -0.3 is 9.64 Å². The van der Waals surface area contributed by atoms with Crippen molar-refractivity contribution in [1.29, 1.82) is 0 Å². The van der Waals surface area contributed by atoms with E-state index >= 15 is 0 Å². The van der Waals surface area contributed by atoms with Crippen LogP contribution in [0.25, 0.3) is 0 Å². The van der Waals surface area contributed by atoms with Gasteiger partial charge in [-0.1, -0.05) is 0 Å². The van der Waals surface area contributed by atoms with Crippen molar-refractivity contribution >= 4 is 5.91 Å². The van der Waals surface area contributed by atoms with E-state index in [2.05, 4.69) is 19.9 Å². The second-order valence-corrected chi connectivity index (χ2v) is 7.15. The van der Waals surface area contributed by atoms with Crippen molar-refractivity contribution in [1.82, 2.24) is 24.8 Å². The van der Waals surface area contributed by atoms with Gasteiger partial charge >= 0.3 is 0 Å². The van der Waals surface area contributed by atoms with E-state index in [9.17, 15) is 4.79 Å². The van der Waals surface area contributed by atoms with E-state index in [-0.39, 0.29) is 11.8 Å². The molecule has 136 valence electrons. The largest absolute Gasteiger partial charge is 0.379 e. The first kappa shape index (κ1) is 17.0. The van der Waals surface area contributed by atoms with Gasteiger partial charge in [0.15, 0.2) is 0 Å². The minimum atomic E-state index is -0.0262. The Balaban J connectivity index is 1.43. The predicted octanol–water partition coefficient (Wildman–Crippen LogP) is 1.78. The zero-order valence-electron chi connectivity index (χ0n) is 15.0. The number of carbonyl (C=O) groups excluding carboxylic acids is 1. The molecule has 1 saturated heterocycles. The molecule has 2 aliphatic rings. The maximum Gasteiger partial charge on any atom is 0.257 e. The second-order valence-electron chi connectivity index (χ2n) is 7.15. The first-order valence-corrected chi connectivity index (χ1v) is 9.15. The fourth-order valence-corrected chi connectivity index (χ4v) is 3.29. The topological polar surface area (TPSA) is 81.1 Å². The molecule has 1 saturated carbocycles. The molecule has 0 aromatic carbocycles. The van der Waals surface area contributed by atoms with Crippen LogP contribution in [-0.4, -0.2) is 57.0 Å². The molecule has 2 aromatic rings. The van der Waals surface area contributed by atoms with Gasteiger partial charge in [-0.15, -0.1) is 0 Å². The number of aromatic nitrogens is 4. The van der Waals surface area contributed by atoms with Gasteiger partial charge in [-0.05, 0) is 32.3 Å². The van der Waals surface area contributed by atoms with Crippen LogP contribution in [0.2, 0.25) is 0 Å². The van der Waals surface area contributed by atoms with E-state index in [4.69, 9.17) is 4.74 Å². The summed E-state index contributed by atoms with van der Waals surface area (Å²) in [5, 5.41) is 0. The highest BCUT2D eigenvalue weighted by Gasteiger charge is 2.28. The Morgan fingerprint density at radius 1 is 1.23 bits per heavy atom. The molecular weight excluding hydrogens is 330 g/mol. The number of nitrogens with zero attached hydrogens (tertiary/aromatic N) is 5. The Hall–Kier alpha value is -2.41. The second kappa shape index (κ2) is 7.45. The molecule has 2 aromatic heterocycles. The summed E-state index contributed by atoms with van der Waals surface area (Å²) in [5.41, 5.74) is 2.48. The minimum Gasteiger partial charge on any atom is -0.379 e. The average Bonchev–Trinajstić information content (AvgIpc) is 3.49. The SMILES string of the molecule is Cc1cc(C[C@@H]2COCCN(C(=O)c3cnc(C4CC4)nc3)C2)ncn1. The van der Waals surface area contributed by atoms with E-state index < -0.39 is 0 Å². The molecule has 4 rings (SSSR count). The number of hydrogen-bond acceptors (Lipinski definition) is 6. The third-order valence-electron chi connectivity index (χ3n) is 4.84. The average molecular weight is 353 g/mol. The molecule has 7 heteroatoms. The van der Waals surface area contributed by atoms with Gasteiger partial charge in [0.2, 0.25) is 0 Å². The summed E-state index contributed by atoms with van der Waals surface area (Å²) >= 11 is 0. The number of carbonyl (C=O) groups is 1. The van der Waals surface area contributed by atoms with Crippen LogP contribution < -0.4 is 0 Å². The van der Waals surface area contributed by atoms with E-state index in [1.54, 1.807) is 18.7 Å². The van der Waals surface area contributed by atoms with Crippen LogP contribution in [0, 0.1) is 12.8 Å². The Labute approximate surface area is 152 Å². The van der Waals surface area contributed by atoms with Crippen LogP contribution in [-0.2, 0) is 11.2 Å². The maximum atomic E-state index is 12.9. The quantitative estimate of drug-likeness (QED) is 0.833. The summed E-state index contributed by atoms with van der Waals surface area (Å²) < 4.78 is 5.72. The molecule has 0 N–H and O–H groups in total. The zero-order chi connectivity index (χ0) is 17.9. The predicted molar refractivity (Wildman–Crippen MR) is 94.7 cm³/mol. The Bertz CT molecular complexity index is 776. The molecule has 7 nitrogen and oxygen atoms in total. The van der Waals surface area contributed by atoms with Crippen molar-refractivity contribution in [3.8, 4) is 0 Å². The number of ether oxygens (including phenoxy) is 1. The van der Waals surface area contributed by atoms with E-state index in [1.165, 1.54) is 0 Å². The van der Waals surface area contributed by atoms with Gasteiger partial charge in [0.05, 0.1) is 18.8 Å². The highest BCUT2D eigenvalue weighted by Crippen LogP contribution is 2.37. The summed E-state index contributed by atoms with van der Waals surface area (Å²) in [7, 11) is 0. The van der Waals surface area contributed by atoms with Gasteiger partial charge in [-0.3, -0.25) is 4.79 Å². The van der Waals surface area contributed by atoms with Crippen LogP contribution in [0.4, 0.5) is 0 Å². The molecule has 0 unspecified atom stereocenters. The van der Waals surface area contributed by atoms with Gasteiger partial charge in [-0.25, -0.2) is 19.9 Å². The third kappa shape index (κ3) is 4.04. The lowest BCUT2D eigenvalue weighted by molar-refractivity contribution is 0.0736. The maximum absolute atomic E-state index is 12.9. The molecular formula is C19H23N5O2. The molecule has 0 bridgehead atoms. The van der Waals surface area contributed by atoms with Crippen molar-refractivity contribution < 1.29 is 9.53 Å². The monoisotopic (exact) mass is 353 g/mol. The Kier molecular flexibility index (Phi) is 4.88. The van der Waals surface area contributed by atoms with E-state index in [1.807, 2.05) is 17.9 Å². The van der Waals surface area contributed by atoms with Crippen LogP contribution in [0.5, 0.6) is 0 Å². The lowest BCUT2D eigenvalue weighted by Crippen LogP contribution is -2.36. The van der Waals surface area contributed by atoms with Crippen molar-refractivity contribution in [3.05, 3.63) is 47.6 Å². The Morgan fingerprint density at radius 3 is 2.77 bits per heavy atom. The normalized spacial score (nSPS) is 20.7. The van der Waals surface area contributed by atoms with Crippen LogP contribution in [0.15, 0.2) is 24.8 Å². The highest BCUT2D eigenvalue weighted by molar-refractivity contribution is 5.93. The van der Waals surface area contributed by atoms with Crippen LogP contribution >= 0.6 is 0 Å². The minimum absolute atomic E-state index is 0.0262. The molecule has 0 spiro atoms. The number of amides is 1. The number of hydrogen-bond donors (Lipinski definition) is 0. The molecule has 3 heterocycles. The van der Waals surface area contributed by atoms with Crippen molar-refractivity contribution in [2.45, 2.75) is 32.1 Å². The number of aryl methyl sites for hydroxylation is 1. The molecule has 26 heavy (non-hydrogen) atoms. The molecule has 1 amide bonds. The highest BCUT2D eigenvalue weighted by atomic mass is 16.5. The van der Waals surface area contributed by atoms with Gasteiger partial charge in [0.25, 0.3) is 5.91 Å². The molecule has 1 atom stereocenters. The summed E-state index contributed by atoms with van der Waals surface area (Å²) in [6.07, 6.45) is 7.99. The third-order valence-corrected chi connectivity index (χ3v) is 4.84. The van der Waals surface area contributed by atoms with Crippen molar-refractivity contribution in [2.24, 2.45) is 5.92 Å².